The maximum absolute atomic E-state index is 5.95. The van der Waals surface area contributed by atoms with Crippen LogP contribution in [0.2, 0.25) is 0 Å². The molecule has 4 aromatic rings. The van der Waals surface area contributed by atoms with Gasteiger partial charge in [-0.1, -0.05) is 189 Å². The lowest BCUT2D eigenvalue weighted by Gasteiger charge is -2.18. The third kappa shape index (κ3) is 15.2. The van der Waals surface area contributed by atoms with Gasteiger partial charge >= 0.3 is 0 Å². The van der Waals surface area contributed by atoms with E-state index in [-0.39, 0.29) is 0 Å². The molecular formula is C50H72N2. The SMILES string of the molecule is CCCCC(c1ccc(N)cc1)c1ccc(CCCCCCCCCCCCCCCCc2ccc(C(CCCC)c3ccc(N)cc3)cc2)cc1. The Balaban J connectivity index is 0.968. The molecule has 0 saturated heterocycles. The second kappa shape index (κ2) is 24.7. The Labute approximate surface area is 319 Å². The summed E-state index contributed by atoms with van der Waals surface area (Å²) >= 11 is 0. The predicted molar refractivity (Wildman–Crippen MR) is 229 cm³/mol. The van der Waals surface area contributed by atoms with Crippen molar-refractivity contribution in [3.8, 4) is 0 Å². The summed E-state index contributed by atoms with van der Waals surface area (Å²) in [7, 11) is 0. The first-order valence-electron chi connectivity index (χ1n) is 21.5. The number of hydrogen-bond donors (Lipinski definition) is 2. The first kappa shape index (κ1) is 41.2. The number of nitrogen functional groups attached to an aromatic ring is 2. The molecule has 2 heteroatoms. The smallest absolute Gasteiger partial charge is 0.0314 e. The molecule has 0 aliphatic carbocycles. The third-order valence-corrected chi connectivity index (χ3v) is 11.3. The van der Waals surface area contributed by atoms with Crippen molar-refractivity contribution >= 4 is 11.4 Å². The lowest BCUT2D eigenvalue weighted by molar-refractivity contribution is 0.533. The molecule has 0 fully saturated rings. The van der Waals surface area contributed by atoms with Crippen molar-refractivity contribution in [3.63, 3.8) is 0 Å². The predicted octanol–water partition coefficient (Wildman–Crippen LogP) is 14.7. The molecule has 4 rings (SSSR count). The van der Waals surface area contributed by atoms with Crippen molar-refractivity contribution in [2.75, 3.05) is 11.5 Å². The minimum Gasteiger partial charge on any atom is -0.399 e. The van der Waals surface area contributed by atoms with Gasteiger partial charge in [0, 0.05) is 23.2 Å². The lowest BCUT2D eigenvalue weighted by Crippen LogP contribution is -2.02. The third-order valence-electron chi connectivity index (χ3n) is 11.3. The normalized spacial score (nSPS) is 12.6. The van der Waals surface area contributed by atoms with E-state index in [9.17, 15) is 0 Å². The summed E-state index contributed by atoms with van der Waals surface area (Å²) in [5.74, 6) is 0.938. The van der Waals surface area contributed by atoms with Crippen molar-refractivity contribution < 1.29 is 0 Å². The summed E-state index contributed by atoms with van der Waals surface area (Å²) in [6.07, 6.45) is 29.3. The Morgan fingerprint density at radius 1 is 0.327 bits per heavy atom. The van der Waals surface area contributed by atoms with E-state index >= 15 is 0 Å². The largest absolute Gasteiger partial charge is 0.399 e. The number of anilines is 2. The highest BCUT2D eigenvalue weighted by Crippen LogP contribution is 2.32. The molecule has 0 aliphatic rings. The second-order valence-electron chi connectivity index (χ2n) is 15.7. The van der Waals surface area contributed by atoms with Crippen LogP contribution in [0.15, 0.2) is 97.1 Å². The van der Waals surface area contributed by atoms with Crippen molar-refractivity contribution in [2.45, 2.75) is 167 Å². The summed E-state index contributed by atoms with van der Waals surface area (Å²) in [5.41, 5.74) is 22.2. The molecule has 0 aliphatic heterocycles. The number of rotatable bonds is 27. The average molecular weight is 701 g/mol. The van der Waals surface area contributed by atoms with E-state index in [0.717, 1.165) is 11.4 Å². The van der Waals surface area contributed by atoms with E-state index in [1.807, 2.05) is 24.3 Å². The highest BCUT2D eigenvalue weighted by atomic mass is 14.5. The van der Waals surface area contributed by atoms with Crippen LogP contribution >= 0.6 is 0 Å². The fraction of sp³-hybridized carbons (Fsp3) is 0.520. The lowest BCUT2D eigenvalue weighted by atomic mass is 9.86. The zero-order valence-electron chi connectivity index (χ0n) is 33.1. The zero-order valence-corrected chi connectivity index (χ0v) is 33.1. The van der Waals surface area contributed by atoms with Crippen LogP contribution in [0.1, 0.15) is 187 Å². The van der Waals surface area contributed by atoms with Crippen LogP contribution in [-0.4, -0.2) is 0 Å². The molecule has 0 radical (unpaired) electrons. The quantitative estimate of drug-likeness (QED) is 0.0480. The van der Waals surface area contributed by atoms with E-state index in [2.05, 4.69) is 86.6 Å². The molecule has 4 N–H and O–H groups in total. The number of nitrogens with two attached hydrogens (primary N) is 2. The standard InChI is InChI=1S/C50H72N2/c1-3-5-23-49(45-33-37-47(51)38-34-45)43-29-25-41(26-30-43)21-19-17-15-13-11-9-7-8-10-12-14-16-18-20-22-42-27-31-44(32-28-42)50(24-6-4-2)46-35-39-48(52)40-36-46/h25-40,49-50H,3-24,51-52H2,1-2H3. The van der Waals surface area contributed by atoms with E-state index in [0.29, 0.717) is 11.8 Å². The minimum atomic E-state index is 0.469. The van der Waals surface area contributed by atoms with Crippen molar-refractivity contribution in [1.82, 2.24) is 0 Å². The molecule has 0 aromatic heterocycles. The Hall–Kier alpha value is -3.52. The van der Waals surface area contributed by atoms with Gasteiger partial charge in [-0.25, -0.2) is 0 Å². The highest BCUT2D eigenvalue weighted by Gasteiger charge is 2.15. The van der Waals surface area contributed by atoms with Gasteiger partial charge in [0.1, 0.15) is 0 Å². The summed E-state index contributed by atoms with van der Waals surface area (Å²) in [5, 5.41) is 0. The van der Waals surface area contributed by atoms with Crippen LogP contribution < -0.4 is 11.5 Å². The Morgan fingerprint density at radius 2 is 0.577 bits per heavy atom. The van der Waals surface area contributed by atoms with E-state index in [4.69, 9.17) is 11.5 Å². The van der Waals surface area contributed by atoms with Gasteiger partial charge in [-0.2, -0.15) is 0 Å². The molecule has 0 amide bonds. The van der Waals surface area contributed by atoms with Crippen LogP contribution in [0.5, 0.6) is 0 Å². The molecule has 2 unspecified atom stereocenters. The number of aryl methyl sites for hydroxylation is 2. The van der Waals surface area contributed by atoms with Crippen LogP contribution in [0.4, 0.5) is 11.4 Å². The molecular weight excluding hydrogens is 629 g/mol. The molecule has 52 heavy (non-hydrogen) atoms. The van der Waals surface area contributed by atoms with Gasteiger partial charge in [-0.15, -0.1) is 0 Å². The van der Waals surface area contributed by atoms with E-state index in [1.54, 1.807) is 0 Å². The molecule has 0 bridgehead atoms. The second-order valence-corrected chi connectivity index (χ2v) is 15.7. The van der Waals surface area contributed by atoms with Crippen molar-refractivity contribution in [3.05, 3.63) is 130 Å². The number of hydrogen-bond acceptors (Lipinski definition) is 2. The van der Waals surface area contributed by atoms with E-state index in [1.165, 1.54) is 175 Å². The fourth-order valence-corrected chi connectivity index (χ4v) is 7.94. The summed E-state index contributed by atoms with van der Waals surface area (Å²) in [6.45, 7) is 4.56. The Bertz CT molecular complexity index is 1340. The molecule has 0 spiro atoms. The summed E-state index contributed by atoms with van der Waals surface area (Å²) in [6, 6.07) is 36.0. The minimum absolute atomic E-state index is 0.469. The van der Waals surface area contributed by atoms with Crippen LogP contribution in [0, 0.1) is 0 Å². The van der Waals surface area contributed by atoms with Crippen molar-refractivity contribution in [2.24, 2.45) is 0 Å². The van der Waals surface area contributed by atoms with Gasteiger partial charge in [-0.05, 0) is 96.2 Å². The van der Waals surface area contributed by atoms with Crippen LogP contribution in [-0.2, 0) is 12.8 Å². The molecule has 4 aromatic carbocycles. The Morgan fingerprint density at radius 3 is 0.846 bits per heavy atom. The van der Waals surface area contributed by atoms with Crippen molar-refractivity contribution in [1.29, 1.82) is 0 Å². The Kier molecular flexibility index (Phi) is 19.6. The molecule has 2 atom stereocenters. The maximum atomic E-state index is 5.95. The monoisotopic (exact) mass is 701 g/mol. The fourth-order valence-electron chi connectivity index (χ4n) is 7.94. The molecule has 0 saturated carbocycles. The molecule has 0 heterocycles. The number of benzene rings is 4. The summed E-state index contributed by atoms with van der Waals surface area (Å²) in [4.78, 5) is 0. The molecule has 282 valence electrons. The summed E-state index contributed by atoms with van der Waals surface area (Å²) < 4.78 is 0. The van der Waals surface area contributed by atoms with Gasteiger partial charge in [0.15, 0.2) is 0 Å². The zero-order chi connectivity index (χ0) is 36.6. The van der Waals surface area contributed by atoms with Crippen LogP contribution in [0.25, 0.3) is 0 Å². The average Bonchev–Trinajstić information content (AvgIpc) is 3.17. The van der Waals surface area contributed by atoms with Gasteiger partial charge < -0.3 is 11.5 Å². The topological polar surface area (TPSA) is 52.0 Å². The molecule has 2 nitrogen and oxygen atoms in total. The highest BCUT2D eigenvalue weighted by molar-refractivity contribution is 5.44. The first-order valence-corrected chi connectivity index (χ1v) is 21.5. The van der Waals surface area contributed by atoms with Gasteiger partial charge in [0.25, 0.3) is 0 Å². The first-order chi connectivity index (χ1) is 25.6. The van der Waals surface area contributed by atoms with Gasteiger partial charge in [-0.3, -0.25) is 0 Å². The van der Waals surface area contributed by atoms with Gasteiger partial charge in [0.05, 0.1) is 0 Å². The van der Waals surface area contributed by atoms with Crippen LogP contribution in [0.3, 0.4) is 0 Å². The number of unbranched alkanes of at least 4 members (excludes halogenated alkanes) is 15. The van der Waals surface area contributed by atoms with Gasteiger partial charge in [0.2, 0.25) is 0 Å². The maximum Gasteiger partial charge on any atom is 0.0314 e. The van der Waals surface area contributed by atoms with E-state index < -0.39 is 0 Å².